The number of benzene rings is 1. The molecule has 0 atom stereocenters. The molecular formula is C13H20N2O. The molecule has 1 amide bonds. The van der Waals surface area contributed by atoms with E-state index in [0.717, 1.165) is 5.56 Å². The van der Waals surface area contributed by atoms with Crippen LogP contribution in [0.25, 0.3) is 0 Å². The van der Waals surface area contributed by atoms with Crippen molar-refractivity contribution in [3.8, 4) is 0 Å². The summed E-state index contributed by atoms with van der Waals surface area (Å²) in [5.41, 5.74) is 7.14. The van der Waals surface area contributed by atoms with Gasteiger partial charge in [0.2, 0.25) is 0 Å². The van der Waals surface area contributed by atoms with Gasteiger partial charge in [-0.2, -0.15) is 0 Å². The van der Waals surface area contributed by atoms with Crippen LogP contribution in [0.1, 0.15) is 29.8 Å². The summed E-state index contributed by atoms with van der Waals surface area (Å²) in [6.45, 7) is 6.34. The normalized spacial score (nSPS) is 11.3. The highest BCUT2D eigenvalue weighted by Crippen LogP contribution is 2.15. The minimum absolute atomic E-state index is 0.0131. The fourth-order valence-corrected chi connectivity index (χ4v) is 1.38. The van der Waals surface area contributed by atoms with E-state index in [2.05, 4.69) is 0 Å². The van der Waals surface area contributed by atoms with E-state index in [9.17, 15) is 4.79 Å². The Hall–Kier alpha value is -1.35. The number of likely N-dealkylation sites (N-methyl/N-ethyl adjacent to an activating group) is 1. The van der Waals surface area contributed by atoms with Gasteiger partial charge in [0.05, 0.1) is 0 Å². The van der Waals surface area contributed by atoms with Crippen LogP contribution in [0, 0.1) is 6.92 Å². The zero-order chi connectivity index (χ0) is 12.3. The predicted octanol–water partition coefficient (Wildman–Crippen LogP) is 1.80. The summed E-state index contributed by atoms with van der Waals surface area (Å²) in [5.74, 6) is 0.0131. The van der Waals surface area contributed by atoms with Gasteiger partial charge < -0.3 is 10.6 Å². The van der Waals surface area contributed by atoms with Crippen molar-refractivity contribution in [2.75, 3.05) is 13.6 Å². The standard InChI is InChI=1S/C13H20N2O/c1-10-6-5-7-11(8-10)12(16)15(4)13(2,3)9-14/h5-8H,9,14H2,1-4H3. The van der Waals surface area contributed by atoms with E-state index in [1.54, 1.807) is 11.9 Å². The van der Waals surface area contributed by atoms with Crippen LogP contribution in [0.5, 0.6) is 0 Å². The van der Waals surface area contributed by atoms with Gasteiger partial charge in [0.15, 0.2) is 0 Å². The first kappa shape index (κ1) is 12.7. The molecule has 0 spiro atoms. The van der Waals surface area contributed by atoms with Crippen LogP contribution in [-0.2, 0) is 0 Å². The summed E-state index contributed by atoms with van der Waals surface area (Å²) < 4.78 is 0. The number of nitrogens with zero attached hydrogens (tertiary/aromatic N) is 1. The number of carbonyl (C=O) groups is 1. The highest BCUT2D eigenvalue weighted by Gasteiger charge is 2.26. The van der Waals surface area contributed by atoms with Gasteiger partial charge in [-0.3, -0.25) is 4.79 Å². The number of amides is 1. The second-order valence-electron chi connectivity index (χ2n) is 4.75. The first-order valence-electron chi connectivity index (χ1n) is 5.43. The van der Waals surface area contributed by atoms with Crippen molar-refractivity contribution in [2.24, 2.45) is 5.73 Å². The third kappa shape index (κ3) is 2.61. The Morgan fingerprint density at radius 2 is 2.06 bits per heavy atom. The minimum Gasteiger partial charge on any atom is -0.335 e. The third-order valence-electron chi connectivity index (χ3n) is 2.98. The predicted molar refractivity (Wildman–Crippen MR) is 66.4 cm³/mol. The van der Waals surface area contributed by atoms with E-state index in [-0.39, 0.29) is 11.4 Å². The average Bonchev–Trinajstić information content (AvgIpc) is 2.27. The van der Waals surface area contributed by atoms with Gasteiger partial charge in [0.1, 0.15) is 0 Å². The molecule has 0 saturated carbocycles. The number of nitrogens with two attached hydrogens (primary N) is 1. The molecular weight excluding hydrogens is 200 g/mol. The van der Waals surface area contributed by atoms with Crippen molar-refractivity contribution in [3.63, 3.8) is 0 Å². The number of hydrogen-bond acceptors (Lipinski definition) is 2. The van der Waals surface area contributed by atoms with E-state index in [1.165, 1.54) is 0 Å². The lowest BCUT2D eigenvalue weighted by Gasteiger charge is -2.34. The summed E-state index contributed by atoms with van der Waals surface area (Å²) in [7, 11) is 1.79. The van der Waals surface area contributed by atoms with E-state index in [0.29, 0.717) is 12.1 Å². The highest BCUT2D eigenvalue weighted by molar-refractivity contribution is 5.94. The topological polar surface area (TPSA) is 46.3 Å². The second-order valence-corrected chi connectivity index (χ2v) is 4.75. The molecule has 0 heterocycles. The summed E-state index contributed by atoms with van der Waals surface area (Å²) in [5, 5.41) is 0. The van der Waals surface area contributed by atoms with Crippen LogP contribution in [0.2, 0.25) is 0 Å². The molecule has 2 N–H and O–H groups in total. The molecule has 0 aliphatic carbocycles. The Morgan fingerprint density at radius 1 is 1.44 bits per heavy atom. The Morgan fingerprint density at radius 3 is 2.56 bits per heavy atom. The maximum atomic E-state index is 12.2. The molecule has 0 aliphatic rings. The average molecular weight is 220 g/mol. The van der Waals surface area contributed by atoms with Gasteiger partial charge in [-0.25, -0.2) is 0 Å². The molecule has 0 fully saturated rings. The lowest BCUT2D eigenvalue weighted by Crippen LogP contribution is -2.50. The molecule has 3 heteroatoms. The molecule has 0 aliphatic heterocycles. The maximum Gasteiger partial charge on any atom is 0.254 e. The molecule has 1 rings (SSSR count). The lowest BCUT2D eigenvalue weighted by molar-refractivity contribution is 0.0640. The minimum atomic E-state index is -0.319. The molecule has 88 valence electrons. The zero-order valence-electron chi connectivity index (χ0n) is 10.4. The Kier molecular flexibility index (Phi) is 3.70. The van der Waals surface area contributed by atoms with Gasteiger partial charge in [0.25, 0.3) is 5.91 Å². The molecule has 0 aromatic heterocycles. The summed E-state index contributed by atoms with van der Waals surface area (Å²) in [6, 6.07) is 7.60. The number of carbonyl (C=O) groups excluding carboxylic acids is 1. The highest BCUT2D eigenvalue weighted by atomic mass is 16.2. The lowest BCUT2D eigenvalue weighted by atomic mass is 10.0. The van der Waals surface area contributed by atoms with Crippen LogP contribution < -0.4 is 5.73 Å². The van der Waals surface area contributed by atoms with Crippen molar-refractivity contribution in [1.82, 2.24) is 4.90 Å². The largest absolute Gasteiger partial charge is 0.335 e. The summed E-state index contributed by atoms with van der Waals surface area (Å²) in [6.07, 6.45) is 0. The van der Waals surface area contributed by atoms with Gasteiger partial charge in [0, 0.05) is 24.7 Å². The Balaban J connectivity index is 2.95. The van der Waals surface area contributed by atoms with E-state index < -0.39 is 0 Å². The summed E-state index contributed by atoms with van der Waals surface area (Å²) in [4.78, 5) is 13.9. The summed E-state index contributed by atoms with van der Waals surface area (Å²) >= 11 is 0. The maximum absolute atomic E-state index is 12.2. The first-order valence-corrected chi connectivity index (χ1v) is 5.43. The van der Waals surface area contributed by atoms with Crippen molar-refractivity contribution in [2.45, 2.75) is 26.3 Å². The molecule has 0 saturated heterocycles. The Labute approximate surface area is 97.2 Å². The number of hydrogen-bond donors (Lipinski definition) is 1. The Bertz CT molecular complexity index is 385. The molecule has 1 aromatic rings. The van der Waals surface area contributed by atoms with Crippen molar-refractivity contribution >= 4 is 5.91 Å². The van der Waals surface area contributed by atoms with Gasteiger partial charge in [-0.1, -0.05) is 17.7 Å². The van der Waals surface area contributed by atoms with Crippen LogP contribution in [0.4, 0.5) is 0 Å². The molecule has 0 bridgehead atoms. The smallest absolute Gasteiger partial charge is 0.254 e. The van der Waals surface area contributed by atoms with Crippen molar-refractivity contribution in [3.05, 3.63) is 35.4 Å². The van der Waals surface area contributed by atoms with Gasteiger partial charge >= 0.3 is 0 Å². The van der Waals surface area contributed by atoms with Crippen LogP contribution in [0.15, 0.2) is 24.3 Å². The van der Waals surface area contributed by atoms with Crippen LogP contribution in [-0.4, -0.2) is 29.9 Å². The van der Waals surface area contributed by atoms with Crippen molar-refractivity contribution < 1.29 is 4.79 Å². The molecule has 0 unspecified atom stereocenters. The SMILES string of the molecule is Cc1cccc(C(=O)N(C)C(C)(C)CN)c1. The quantitative estimate of drug-likeness (QED) is 0.844. The monoisotopic (exact) mass is 220 g/mol. The van der Waals surface area contributed by atoms with E-state index in [1.807, 2.05) is 45.0 Å². The second kappa shape index (κ2) is 4.66. The molecule has 3 nitrogen and oxygen atoms in total. The number of rotatable bonds is 3. The van der Waals surface area contributed by atoms with E-state index in [4.69, 9.17) is 5.73 Å². The van der Waals surface area contributed by atoms with Gasteiger partial charge in [-0.15, -0.1) is 0 Å². The molecule has 16 heavy (non-hydrogen) atoms. The van der Waals surface area contributed by atoms with Crippen LogP contribution >= 0.6 is 0 Å². The number of aryl methyl sites for hydroxylation is 1. The first-order chi connectivity index (χ1) is 7.38. The third-order valence-corrected chi connectivity index (χ3v) is 2.98. The molecule has 1 aromatic carbocycles. The van der Waals surface area contributed by atoms with Gasteiger partial charge in [-0.05, 0) is 32.9 Å². The fraction of sp³-hybridized carbons (Fsp3) is 0.462. The van der Waals surface area contributed by atoms with E-state index >= 15 is 0 Å². The fourth-order valence-electron chi connectivity index (χ4n) is 1.38. The van der Waals surface area contributed by atoms with Crippen molar-refractivity contribution in [1.29, 1.82) is 0 Å². The van der Waals surface area contributed by atoms with Crippen LogP contribution in [0.3, 0.4) is 0 Å². The molecule has 0 radical (unpaired) electrons. The zero-order valence-corrected chi connectivity index (χ0v) is 10.4.